The van der Waals surface area contributed by atoms with Gasteiger partial charge in [-0.3, -0.25) is 0 Å². The smallest absolute Gasteiger partial charge is 0.344 e. The number of benzene rings is 4. The Morgan fingerprint density at radius 2 is 1.54 bits per heavy atom. The normalized spacial score (nSPS) is 11.0. The molecule has 0 spiro atoms. The first-order valence-electron chi connectivity index (χ1n) is 8.17. The second-order valence-corrected chi connectivity index (χ2v) is 6.74. The summed E-state index contributed by atoms with van der Waals surface area (Å²) in [5.74, 6) is 0.239. The van der Waals surface area contributed by atoms with Crippen LogP contribution in [0, 0.1) is 0 Å². The Bertz CT molecular complexity index is 1130. The first kappa shape index (κ1) is 16.5. The topological polar surface area (TPSA) is 46.5 Å². The van der Waals surface area contributed by atoms with E-state index in [1.165, 1.54) is 11.8 Å². The van der Waals surface area contributed by atoms with Gasteiger partial charge in [-0.1, -0.05) is 60.7 Å². The summed E-state index contributed by atoms with van der Waals surface area (Å²) >= 11 is 1.41. The monoisotopic (exact) mass is 360 g/mol. The summed E-state index contributed by atoms with van der Waals surface area (Å²) in [5, 5.41) is 13.6. The zero-order chi connectivity index (χ0) is 18.1. The second kappa shape index (κ2) is 6.73. The van der Waals surface area contributed by atoms with Crippen molar-refractivity contribution < 1.29 is 14.6 Å². The minimum atomic E-state index is -0.412. The Hall–Kier alpha value is -2.98. The highest BCUT2D eigenvalue weighted by molar-refractivity contribution is 7.98. The van der Waals surface area contributed by atoms with Crippen LogP contribution in [0.3, 0.4) is 0 Å². The van der Waals surface area contributed by atoms with E-state index >= 15 is 0 Å². The maximum absolute atomic E-state index is 12.9. The van der Waals surface area contributed by atoms with Crippen molar-refractivity contribution in [1.82, 2.24) is 0 Å². The summed E-state index contributed by atoms with van der Waals surface area (Å²) in [6.07, 6.45) is 1.88. The molecule has 4 heteroatoms. The Morgan fingerprint density at radius 1 is 0.885 bits per heavy atom. The van der Waals surface area contributed by atoms with Crippen LogP contribution in [-0.4, -0.2) is 17.3 Å². The molecule has 3 nitrogen and oxygen atoms in total. The molecule has 0 amide bonds. The number of hydrogen-bond donors (Lipinski definition) is 1. The van der Waals surface area contributed by atoms with E-state index in [1.807, 2.05) is 66.9 Å². The molecular weight excluding hydrogens is 344 g/mol. The predicted octanol–water partition coefficient (Wildman–Crippen LogP) is 5.64. The summed E-state index contributed by atoms with van der Waals surface area (Å²) in [6.45, 7) is 0. The minimum absolute atomic E-state index is 0.207. The lowest BCUT2D eigenvalue weighted by Gasteiger charge is -2.13. The van der Waals surface area contributed by atoms with Crippen LogP contribution in [-0.2, 0) is 0 Å². The largest absolute Gasteiger partial charge is 0.506 e. The van der Waals surface area contributed by atoms with Crippen molar-refractivity contribution in [3.8, 4) is 11.5 Å². The fourth-order valence-electron chi connectivity index (χ4n) is 3.10. The van der Waals surface area contributed by atoms with Gasteiger partial charge in [-0.15, -0.1) is 11.8 Å². The van der Waals surface area contributed by atoms with Gasteiger partial charge in [-0.05, 0) is 29.2 Å². The molecule has 0 fully saturated rings. The lowest BCUT2D eigenvalue weighted by molar-refractivity contribution is 0.0738. The molecular formula is C22H16O3S. The second-order valence-electron chi connectivity index (χ2n) is 5.89. The number of phenolic OH excluding ortho intramolecular Hbond substituents is 1. The molecule has 0 atom stereocenters. The molecule has 26 heavy (non-hydrogen) atoms. The molecule has 0 aliphatic carbocycles. The van der Waals surface area contributed by atoms with Gasteiger partial charge in [0.25, 0.3) is 0 Å². The maximum atomic E-state index is 12.9. The molecule has 4 rings (SSSR count). The van der Waals surface area contributed by atoms with Crippen LogP contribution in [0.15, 0.2) is 77.7 Å². The molecule has 0 bridgehead atoms. The van der Waals surface area contributed by atoms with E-state index in [2.05, 4.69) is 0 Å². The average Bonchev–Trinajstić information content (AvgIpc) is 2.69. The molecule has 0 heterocycles. The van der Waals surface area contributed by atoms with Crippen molar-refractivity contribution >= 4 is 39.3 Å². The van der Waals surface area contributed by atoms with E-state index in [-0.39, 0.29) is 5.75 Å². The number of fused-ring (bicyclic) bond motifs is 2. The molecule has 1 N–H and O–H groups in total. The standard InChI is InChI=1S/C22H16O3S/c1-26-20-13-19(16-10-4-5-11-17(16)21(20)23)25-22(24)18-12-6-8-14-7-2-3-9-15(14)18/h2-13,23H,1H3. The molecule has 128 valence electrons. The SMILES string of the molecule is CSc1cc(OC(=O)c2cccc3ccccc23)c2ccccc2c1O. The van der Waals surface area contributed by atoms with E-state index in [0.29, 0.717) is 27.0 Å². The van der Waals surface area contributed by atoms with Crippen LogP contribution < -0.4 is 4.74 Å². The first-order valence-corrected chi connectivity index (χ1v) is 9.40. The Morgan fingerprint density at radius 3 is 2.31 bits per heavy atom. The summed E-state index contributed by atoms with van der Waals surface area (Å²) in [6, 6.07) is 22.4. The van der Waals surface area contributed by atoms with Gasteiger partial charge in [0.05, 0.1) is 10.5 Å². The zero-order valence-corrected chi connectivity index (χ0v) is 14.9. The van der Waals surface area contributed by atoms with E-state index < -0.39 is 5.97 Å². The molecule has 0 saturated carbocycles. The van der Waals surface area contributed by atoms with Crippen LogP contribution in [0.2, 0.25) is 0 Å². The minimum Gasteiger partial charge on any atom is -0.506 e. The third-order valence-corrected chi connectivity index (χ3v) is 5.13. The van der Waals surface area contributed by atoms with Crippen molar-refractivity contribution in [2.24, 2.45) is 0 Å². The van der Waals surface area contributed by atoms with Crippen LogP contribution in [0.5, 0.6) is 11.5 Å². The van der Waals surface area contributed by atoms with Gasteiger partial charge in [-0.2, -0.15) is 0 Å². The van der Waals surface area contributed by atoms with Gasteiger partial charge >= 0.3 is 5.97 Å². The number of thioether (sulfide) groups is 1. The summed E-state index contributed by atoms with van der Waals surface area (Å²) < 4.78 is 5.76. The Balaban J connectivity index is 1.82. The third-order valence-electron chi connectivity index (χ3n) is 4.38. The summed E-state index contributed by atoms with van der Waals surface area (Å²) in [5.41, 5.74) is 0.519. The van der Waals surface area contributed by atoms with Crippen molar-refractivity contribution in [3.05, 3.63) is 78.4 Å². The fourth-order valence-corrected chi connectivity index (χ4v) is 3.63. The van der Waals surface area contributed by atoms with Gasteiger partial charge in [0.15, 0.2) is 0 Å². The number of esters is 1. The molecule has 0 radical (unpaired) electrons. The molecule has 0 saturated heterocycles. The van der Waals surface area contributed by atoms with Crippen LogP contribution in [0.1, 0.15) is 10.4 Å². The van der Waals surface area contributed by atoms with Crippen LogP contribution >= 0.6 is 11.8 Å². The van der Waals surface area contributed by atoms with Gasteiger partial charge < -0.3 is 9.84 Å². The molecule has 0 aliphatic rings. The highest BCUT2D eigenvalue weighted by Crippen LogP contribution is 2.40. The molecule has 0 unspecified atom stereocenters. The first-order chi connectivity index (χ1) is 12.7. The number of carbonyl (C=O) groups excluding carboxylic acids is 1. The molecule has 4 aromatic rings. The van der Waals surface area contributed by atoms with Crippen molar-refractivity contribution in [3.63, 3.8) is 0 Å². The highest BCUT2D eigenvalue weighted by Gasteiger charge is 2.17. The third kappa shape index (κ3) is 2.78. The van der Waals surface area contributed by atoms with E-state index in [4.69, 9.17) is 4.74 Å². The van der Waals surface area contributed by atoms with Gasteiger partial charge in [-0.25, -0.2) is 4.79 Å². The zero-order valence-electron chi connectivity index (χ0n) is 14.1. The van der Waals surface area contributed by atoms with E-state index in [0.717, 1.165) is 10.8 Å². The Labute approximate surface area is 155 Å². The molecule has 0 aromatic heterocycles. The molecule has 4 aromatic carbocycles. The summed E-state index contributed by atoms with van der Waals surface area (Å²) in [4.78, 5) is 13.5. The lowest BCUT2D eigenvalue weighted by atomic mass is 10.0. The number of hydrogen-bond acceptors (Lipinski definition) is 4. The van der Waals surface area contributed by atoms with Crippen molar-refractivity contribution in [2.45, 2.75) is 4.90 Å². The van der Waals surface area contributed by atoms with Gasteiger partial charge in [0, 0.05) is 10.8 Å². The van der Waals surface area contributed by atoms with Gasteiger partial charge in [0.1, 0.15) is 11.5 Å². The fraction of sp³-hybridized carbons (Fsp3) is 0.0455. The quantitative estimate of drug-likeness (QED) is 0.292. The van der Waals surface area contributed by atoms with Gasteiger partial charge in [0.2, 0.25) is 0 Å². The molecule has 0 aliphatic heterocycles. The number of rotatable bonds is 3. The number of aromatic hydroxyl groups is 1. The van der Waals surface area contributed by atoms with Crippen LogP contribution in [0.25, 0.3) is 21.5 Å². The lowest BCUT2D eigenvalue weighted by Crippen LogP contribution is -2.09. The number of carbonyl (C=O) groups is 1. The predicted molar refractivity (Wildman–Crippen MR) is 106 cm³/mol. The van der Waals surface area contributed by atoms with Crippen molar-refractivity contribution in [1.29, 1.82) is 0 Å². The Kier molecular flexibility index (Phi) is 4.27. The van der Waals surface area contributed by atoms with Crippen LogP contribution in [0.4, 0.5) is 0 Å². The summed E-state index contributed by atoms with van der Waals surface area (Å²) in [7, 11) is 0. The highest BCUT2D eigenvalue weighted by atomic mass is 32.2. The van der Waals surface area contributed by atoms with E-state index in [9.17, 15) is 9.90 Å². The average molecular weight is 360 g/mol. The van der Waals surface area contributed by atoms with E-state index in [1.54, 1.807) is 12.1 Å². The van der Waals surface area contributed by atoms with Crippen molar-refractivity contribution in [2.75, 3.05) is 6.26 Å². The number of phenols is 1. The maximum Gasteiger partial charge on any atom is 0.344 e. The number of ether oxygens (including phenoxy) is 1.